The van der Waals surface area contributed by atoms with E-state index in [4.69, 9.17) is 4.74 Å². The minimum absolute atomic E-state index is 0.0921. The van der Waals surface area contributed by atoms with Gasteiger partial charge >= 0.3 is 0 Å². The lowest BCUT2D eigenvalue weighted by molar-refractivity contribution is -0.128. The second kappa shape index (κ2) is 11.3. The lowest BCUT2D eigenvalue weighted by atomic mass is 9.87. The van der Waals surface area contributed by atoms with E-state index in [1.807, 2.05) is 41.3 Å². The summed E-state index contributed by atoms with van der Waals surface area (Å²) in [5, 5.41) is 0. The minimum Gasteiger partial charge on any atom is -0.489 e. The van der Waals surface area contributed by atoms with Crippen LogP contribution in [0.25, 0.3) is 0 Å². The van der Waals surface area contributed by atoms with Gasteiger partial charge < -0.3 is 9.64 Å². The molecule has 0 unspecified atom stereocenters. The van der Waals surface area contributed by atoms with Gasteiger partial charge in [0.1, 0.15) is 12.4 Å². The van der Waals surface area contributed by atoms with Gasteiger partial charge in [-0.15, -0.1) is 0 Å². The normalized spacial score (nSPS) is 13.4. The van der Waals surface area contributed by atoms with Gasteiger partial charge in [0.05, 0.1) is 0 Å². The largest absolute Gasteiger partial charge is 0.489 e. The lowest BCUT2D eigenvalue weighted by Gasteiger charge is -2.19. The lowest BCUT2D eigenvalue weighted by Crippen LogP contribution is -2.41. The summed E-state index contributed by atoms with van der Waals surface area (Å²) >= 11 is 0. The molecule has 0 radical (unpaired) electrons. The first-order chi connectivity index (χ1) is 17.7. The Morgan fingerprint density at radius 2 is 1.35 bits per heavy atom. The van der Waals surface area contributed by atoms with Gasteiger partial charge in [0.2, 0.25) is 5.91 Å². The summed E-state index contributed by atoms with van der Waals surface area (Å²) in [6.07, 6.45) is 1.49. The van der Waals surface area contributed by atoms with Crippen LogP contribution in [-0.2, 0) is 23.4 Å². The summed E-state index contributed by atoms with van der Waals surface area (Å²) in [7, 11) is 0. The number of carbonyl (C=O) groups is 3. The van der Waals surface area contributed by atoms with Gasteiger partial charge in [0.15, 0.2) is 0 Å². The summed E-state index contributed by atoms with van der Waals surface area (Å²) in [6, 6.07) is 22.1. The highest BCUT2D eigenvalue weighted by Gasteiger charge is 2.20. The van der Waals surface area contributed by atoms with Crippen molar-refractivity contribution in [3.63, 3.8) is 0 Å². The summed E-state index contributed by atoms with van der Waals surface area (Å²) in [4.78, 5) is 38.5. The number of ether oxygens (including phenoxy) is 1. The summed E-state index contributed by atoms with van der Waals surface area (Å²) in [5.41, 5.74) is 8.95. The van der Waals surface area contributed by atoms with E-state index in [1.54, 1.807) is 24.3 Å². The average Bonchev–Trinajstić information content (AvgIpc) is 3.30. The van der Waals surface area contributed by atoms with Crippen LogP contribution in [0.5, 0.6) is 5.75 Å². The molecule has 1 aliphatic rings. The molecule has 3 aromatic carbocycles. The van der Waals surface area contributed by atoms with E-state index in [9.17, 15) is 14.4 Å². The van der Waals surface area contributed by atoms with Crippen LogP contribution in [0, 0.1) is 0 Å². The number of likely N-dealkylation sites (tertiary alicyclic amines) is 1. The van der Waals surface area contributed by atoms with Crippen LogP contribution in [-0.4, -0.2) is 29.2 Å². The van der Waals surface area contributed by atoms with Gasteiger partial charge in [0.25, 0.3) is 11.8 Å². The predicted molar refractivity (Wildman–Crippen MR) is 142 cm³/mol. The Balaban J connectivity index is 1.23. The molecule has 0 bridgehead atoms. The molecule has 0 spiro atoms. The van der Waals surface area contributed by atoms with Crippen LogP contribution in [0.15, 0.2) is 72.8 Å². The van der Waals surface area contributed by atoms with Gasteiger partial charge in [-0.1, -0.05) is 57.2 Å². The molecule has 4 rings (SSSR count). The highest BCUT2D eigenvalue weighted by molar-refractivity contribution is 5.99. The molecule has 1 fully saturated rings. The molecule has 7 nitrogen and oxygen atoms in total. The van der Waals surface area contributed by atoms with E-state index in [-0.39, 0.29) is 11.3 Å². The third-order valence-electron chi connectivity index (χ3n) is 6.39. The van der Waals surface area contributed by atoms with Crippen molar-refractivity contribution in [1.82, 2.24) is 15.8 Å². The Kier molecular flexibility index (Phi) is 7.92. The first-order valence-corrected chi connectivity index (χ1v) is 12.5. The number of amides is 3. The fourth-order valence-electron chi connectivity index (χ4n) is 4.08. The smallest absolute Gasteiger partial charge is 0.269 e. The molecule has 2 N–H and O–H groups in total. The van der Waals surface area contributed by atoms with Crippen LogP contribution >= 0.6 is 0 Å². The number of hydrazine groups is 1. The maximum absolute atomic E-state index is 12.5. The number of rotatable bonds is 7. The minimum atomic E-state index is -0.417. The van der Waals surface area contributed by atoms with Crippen molar-refractivity contribution in [2.75, 3.05) is 6.54 Å². The first-order valence-electron chi connectivity index (χ1n) is 12.5. The predicted octanol–water partition coefficient (Wildman–Crippen LogP) is 4.76. The second-order valence-electron chi connectivity index (χ2n) is 10.3. The van der Waals surface area contributed by atoms with Crippen molar-refractivity contribution >= 4 is 17.7 Å². The van der Waals surface area contributed by atoms with Gasteiger partial charge in [-0.05, 0) is 64.9 Å². The maximum Gasteiger partial charge on any atom is 0.269 e. The number of nitrogens with zero attached hydrogens (tertiary/aromatic N) is 1. The van der Waals surface area contributed by atoms with Crippen molar-refractivity contribution in [1.29, 1.82) is 0 Å². The van der Waals surface area contributed by atoms with Gasteiger partial charge in [0, 0.05) is 30.6 Å². The van der Waals surface area contributed by atoms with E-state index in [0.29, 0.717) is 30.7 Å². The second-order valence-corrected chi connectivity index (χ2v) is 10.3. The van der Waals surface area contributed by atoms with E-state index in [0.717, 1.165) is 29.8 Å². The third kappa shape index (κ3) is 6.97. The standard InChI is InChI=1S/C30H33N3O4/c1-30(2,3)25-14-16-26(17-15-25)37-20-22-8-12-24(13-9-22)29(36)32-31-28(35)23-10-6-21(7-11-23)19-33-18-4-5-27(33)34/h6-17H,4-5,18-20H2,1-3H3,(H,31,35)(H,32,36). The zero-order valence-electron chi connectivity index (χ0n) is 21.5. The quantitative estimate of drug-likeness (QED) is 0.459. The van der Waals surface area contributed by atoms with Crippen LogP contribution in [0.2, 0.25) is 0 Å². The van der Waals surface area contributed by atoms with Crippen molar-refractivity contribution in [3.8, 4) is 5.75 Å². The highest BCUT2D eigenvalue weighted by atomic mass is 16.5. The molecule has 0 aromatic heterocycles. The summed E-state index contributed by atoms with van der Waals surface area (Å²) in [5.74, 6) is 0.119. The molecule has 1 heterocycles. The SMILES string of the molecule is CC(C)(C)c1ccc(OCc2ccc(C(=O)NNC(=O)c3ccc(CN4CCCC4=O)cc3)cc2)cc1. The first kappa shape index (κ1) is 25.9. The molecule has 0 saturated carbocycles. The Morgan fingerprint density at radius 3 is 1.84 bits per heavy atom. The number of hydrogen-bond acceptors (Lipinski definition) is 4. The van der Waals surface area contributed by atoms with Crippen molar-refractivity contribution in [2.45, 2.75) is 52.2 Å². The van der Waals surface area contributed by atoms with Gasteiger partial charge in [-0.25, -0.2) is 0 Å². The van der Waals surface area contributed by atoms with Crippen LogP contribution in [0.4, 0.5) is 0 Å². The zero-order valence-corrected chi connectivity index (χ0v) is 21.5. The average molecular weight is 500 g/mol. The molecule has 1 aliphatic heterocycles. The third-order valence-corrected chi connectivity index (χ3v) is 6.39. The number of hydrogen-bond donors (Lipinski definition) is 2. The summed E-state index contributed by atoms with van der Waals surface area (Å²) in [6.45, 7) is 8.21. The molecule has 7 heteroatoms. The Bertz CT molecular complexity index is 1240. The number of nitrogens with one attached hydrogen (secondary N) is 2. The zero-order chi connectivity index (χ0) is 26.4. The molecule has 0 aliphatic carbocycles. The number of benzene rings is 3. The topological polar surface area (TPSA) is 87.7 Å². The maximum atomic E-state index is 12.5. The Morgan fingerprint density at radius 1 is 0.811 bits per heavy atom. The van der Waals surface area contributed by atoms with E-state index in [2.05, 4.69) is 43.8 Å². The fraction of sp³-hybridized carbons (Fsp3) is 0.300. The molecular formula is C30H33N3O4. The fourth-order valence-corrected chi connectivity index (χ4v) is 4.08. The van der Waals surface area contributed by atoms with Crippen LogP contribution in [0.3, 0.4) is 0 Å². The van der Waals surface area contributed by atoms with E-state index < -0.39 is 11.8 Å². The molecule has 37 heavy (non-hydrogen) atoms. The molecular weight excluding hydrogens is 466 g/mol. The van der Waals surface area contributed by atoms with Crippen molar-refractivity contribution in [3.05, 3.63) is 101 Å². The van der Waals surface area contributed by atoms with E-state index in [1.165, 1.54) is 5.56 Å². The van der Waals surface area contributed by atoms with Crippen LogP contribution in [0.1, 0.15) is 71.0 Å². The molecule has 192 valence electrons. The van der Waals surface area contributed by atoms with Gasteiger partial charge in [-0.3, -0.25) is 25.2 Å². The highest BCUT2D eigenvalue weighted by Crippen LogP contribution is 2.24. The van der Waals surface area contributed by atoms with Crippen LogP contribution < -0.4 is 15.6 Å². The Hall–Kier alpha value is -4.13. The molecule has 0 atom stereocenters. The molecule has 3 amide bonds. The monoisotopic (exact) mass is 499 g/mol. The van der Waals surface area contributed by atoms with Gasteiger partial charge in [-0.2, -0.15) is 0 Å². The van der Waals surface area contributed by atoms with Crippen molar-refractivity contribution < 1.29 is 19.1 Å². The summed E-state index contributed by atoms with van der Waals surface area (Å²) < 4.78 is 5.86. The molecule has 3 aromatic rings. The number of carbonyl (C=O) groups excluding carboxylic acids is 3. The van der Waals surface area contributed by atoms with E-state index >= 15 is 0 Å². The Labute approximate surface area is 217 Å². The van der Waals surface area contributed by atoms with Crippen molar-refractivity contribution in [2.24, 2.45) is 0 Å². The molecule has 1 saturated heterocycles.